The van der Waals surface area contributed by atoms with Gasteiger partial charge in [0.05, 0.1) is 0 Å². The molecule has 1 heteroatoms. The highest BCUT2D eigenvalue weighted by molar-refractivity contribution is 7.99. The number of thioether (sulfide) groups is 1. The van der Waals surface area contributed by atoms with Crippen molar-refractivity contribution in [2.75, 3.05) is 5.75 Å². The van der Waals surface area contributed by atoms with Crippen LogP contribution >= 0.6 is 11.8 Å². The summed E-state index contributed by atoms with van der Waals surface area (Å²) < 4.78 is 0. The fourth-order valence-corrected chi connectivity index (χ4v) is 4.18. The summed E-state index contributed by atoms with van der Waals surface area (Å²) in [6.45, 7) is 10.7. The van der Waals surface area contributed by atoms with Crippen LogP contribution in [0.4, 0.5) is 0 Å². The molecular formula is C26H26S. The van der Waals surface area contributed by atoms with Gasteiger partial charge in [-0.25, -0.2) is 0 Å². The van der Waals surface area contributed by atoms with E-state index < -0.39 is 0 Å². The first-order valence-electron chi connectivity index (χ1n) is 9.30. The third kappa shape index (κ3) is 5.48. The van der Waals surface area contributed by atoms with E-state index in [2.05, 4.69) is 98.9 Å². The van der Waals surface area contributed by atoms with Gasteiger partial charge in [0.2, 0.25) is 0 Å². The van der Waals surface area contributed by atoms with E-state index in [1.165, 1.54) is 32.7 Å². The molecule has 0 N–H and O–H groups in total. The summed E-state index contributed by atoms with van der Waals surface area (Å²) in [7, 11) is 0. The minimum absolute atomic E-state index is 0.427. The lowest BCUT2D eigenvalue weighted by atomic mass is 9.91. The number of benzene rings is 3. The Hall–Kier alpha value is -2.51. The van der Waals surface area contributed by atoms with Crippen molar-refractivity contribution in [1.82, 2.24) is 0 Å². The first kappa shape index (κ1) is 19.3. The van der Waals surface area contributed by atoms with Gasteiger partial charge in [0.15, 0.2) is 0 Å². The summed E-state index contributed by atoms with van der Waals surface area (Å²) in [5.74, 6) is 1.46. The molecule has 0 heterocycles. The van der Waals surface area contributed by atoms with Crippen molar-refractivity contribution in [3.63, 3.8) is 0 Å². The zero-order valence-electron chi connectivity index (χ0n) is 15.9. The lowest BCUT2D eigenvalue weighted by Crippen LogP contribution is -2.06. The van der Waals surface area contributed by atoms with Gasteiger partial charge in [0.1, 0.15) is 0 Å². The molecule has 0 radical (unpaired) electrons. The van der Waals surface area contributed by atoms with Crippen molar-refractivity contribution in [2.24, 2.45) is 5.92 Å². The predicted molar refractivity (Wildman–Crippen MR) is 121 cm³/mol. The zero-order valence-corrected chi connectivity index (χ0v) is 16.7. The molecular weight excluding hydrogens is 344 g/mol. The average molecular weight is 371 g/mol. The van der Waals surface area contributed by atoms with Gasteiger partial charge >= 0.3 is 0 Å². The Kier molecular flexibility index (Phi) is 6.73. The fraction of sp³-hybridized carbons (Fsp3) is 0.154. The molecule has 136 valence electrons. The van der Waals surface area contributed by atoms with Crippen LogP contribution in [0.2, 0.25) is 0 Å². The average Bonchev–Trinajstić information content (AvgIpc) is 2.72. The number of rotatable bonds is 8. The molecule has 0 aliphatic carbocycles. The molecule has 0 spiro atoms. The quantitative estimate of drug-likeness (QED) is 0.288. The Bertz CT molecular complexity index is 877. The molecule has 3 aromatic rings. The van der Waals surface area contributed by atoms with E-state index in [-0.39, 0.29) is 0 Å². The Morgan fingerprint density at radius 1 is 0.778 bits per heavy atom. The Labute approximate surface area is 167 Å². The van der Waals surface area contributed by atoms with E-state index in [1.54, 1.807) is 0 Å². The minimum Gasteiger partial charge on any atom is -0.126 e. The first-order chi connectivity index (χ1) is 13.1. The van der Waals surface area contributed by atoms with Crippen molar-refractivity contribution in [1.29, 1.82) is 0 Å². The summed E-state index contributed by atoms with van der Waals surface area (Å²) in [5.41, 5.74) is 6.10. The van der Waals surface area contributed by atoms with Crippen LogP contribution in [-0.4, -0.2) is 5.75 Å². The van der Waals surface area contributed by atoms with Crippen molar-refractivity contribution in [2.45, 2.75) is 18.2 Å². The monoisotopic (exact) mass is 370 g/mol. The highest BCUT2D eigenvalue weighted by Gasteiger charge is 2.13. The maximum absolute atomic E-state index is 4.35. The van der Waals surface area contributed by atoms with Crippen LogP contribution < -0.4 is 0 Å². The summed E-state index contributed by atoms with van der Waals surface area (Å²) in [6, 6.07) is 29.8. The van der Waals surface area contributed by atoms with Crippen LogP contribution in [-0.2, 0) is 0 Å². The Morgan fingerprint density at radius 3 is 1.93 bits per heavy atom. The Morgan fingerprint density at radius 2 is 1.33 bits per heavy atom. The normalized spacial score (nSPS) is 11.7. The predicted octanol–water partition coefficient (Wildman–Crippen LogP) is 7.74. The van der Waals surface area contributed by atoms with Crippen LogP contribution in [0.3, 0.4) is 0 Å². The van der Waals surface area contributed by atoms with Crippen molar-refractivity contribution < 1.29 is 0 Å². The molecule has 0 bridgehead atoms. The smallest absolute Gasteiger partial charge is 0.00721 e. The molecule has 0 saturated carbocycles. The molecule has 0 aliphatic heterocycles. The second-order valence-corrected chi connectivity index (χ2v) is 8.01. The van der Waals surface area contributed by atoms with E-state index in [0.717, 1.165) is 12.2 Å². The van der Waals surface area contributed by atoms with Crippen LogP contribution in [0.5, 0.6) is 0 Å². The summed E-state index contributed by atoms with van der Waals surface area (Å²) >= 11 is 1.89. The highest BCUT2D eigenvalue weighted by Crippen LogP contribution is 2.31. The number of hydrogen-bond donors (Lipinski definition) is 0. The maximum Gasteiger partial charge on any atom is 0.00721 e. The molecule has 0 fully saturated rings. The van der Waals surface area contributed by atoms with Crippen LogP contribution in [0, 0.1) is 5.92 Å². The number of hydrogen-bond acceptors (Lipinski definition) is 1. The molecule has 3 rings (SSSR count). The van der Waals surface area contributed by atoms with Gasteiger partial charge in [-0.1, -0.05) is 91.5 Å². The molecule has 27 heavy (non-hydrogen) atoms. The van der Waals surface area contributed by atoms with Gasteiger partial charge in [-0.2, -0.15) is 0 Å². The van der Waals surface area contributed by atoms with Gasteiger partial charge in [0, 0.05) is 10.6 Å². The van der Waals surface area contributed by atoms with E-state index >= 15 is 0 Å². The Balaban J connectivity index is 1.64. The highest BCUT2D eigenvalue weighted by atomic mass is 32.2. The standard InChI is InChI=1S/C26H26S/c1-20(2)25(19-27-26-12-8-5-9-13-26)18-21(3)22-14-16-24(17-15-22)23-10-6-4-7-11-23/h4-17,25H,1,3,18-19H2,2H3. The molecule has 0 amide bonds. The maximum atomic E-state index is 4.35. The van der Waals surface area contributed by atoms with Gasteiger partial charge < -0.3 is 0 Å². The van der Waals surface area contributed by atoms with Crippen LogP contribution in [0.1, 0.15) is 18.9 Å². The van der Waals surface area contributed by atoms with Gasteiger partial charge in [-0.05, 0) is 53.7 Å². The molecule has 1 unspecified atom stereocenters. The largest absolute Gasteiger partial charge is 0.126 e. The number of allylic oxidation sites excluding steroid dienone is 2. The van der Waals surface area contributed by atoms with Crippen LogP contribution in [0.15, 0.2) is 109 Å². The zero-order chi connectivity index (χ0) is 19.1. The van der Waals surface area contributed by atoms with Gasteiger partial charge in [-0.15, -0.1) is 11.8 Å². The molecule has 3 aromatic carbocycles. The topological polar surface area (TPSA) is 0 Å². The van der Waals surface area contributed by atoms with Gasteiger partial charge in [0.25, 0.3) is 0 Å². The minimum atomic E-state index is 0.427. The van der Waals surface area contributed by atoms with Crippen molar-refractivity contribution in [3.05, 3.63) is 109 Å². The second-order valence-electron chi connectivity index (χ2n) is 6.92. The third-order valence-corrected chi connectivity index (χ3v) is 5.96. The van der Waals surface area contributed by atoms with E-state index in [0.29, 0.717) is 5.92 Å². The van der Waals surface area contributed by atoms with E-state index in [9.17, 15) is 0 Å². The molecule has 0 saturated heterocycles. The second kappa shape index (κ2) is 9.43. The lowest BCUT2D eigenvalue weighted by molar-refractivity contribution is 0.721. The first-order valence-corrected chi connectivity index (χ1v) is 10.3. The summed E-state index contributed by atoms with van der Waals surface area (Å²) in [5, 5.41) is 0. The molecule has 1 atom stereocenters. The summed E-state index contributed by atoms with van der Waals surface area (Å²) in [4.78, 5) is 1.31. The van der Waals surface area contributed by atoms with Crippen molar-refractivity contribution in [3.8, 4) is 11.1 Å². The van der Waals surface area contributed by atoms with E-state index in [4.69, 9.17) is 0 Å². The SMILES string of the molecule is C=C(CC(CSc1ccccc1)C(=C)C)c1ccc(-c2ccccc2)cc1. The lowest BCUT2D eigenvalue weighted by Gasteiger charge is -2.18. The third-order valence-electron chi connectivity index (χ3n) is 4.78. The molecule has 0 aromatic heterocycles. The molecule has 0 nitrogen and oxygen atoms in total. The van der Waals surface area contributed by atoms with Gasteiger partial charge in [-0.3, -0.25) is 0 Å². The molecule has 0 aliphatic rings. The van der Waals surface area contributed by atoms with E-state index in [1.807, 2.05) is 17.8 Å². The van der Waals surface area contributed by atoms with Crippen molar-refractivity contribution >= 4 is 17.3 Å². The van der Waals surface area contributed by atoms with Crippen LogP contribution in [0.25, 0.3) is 16.7 Å². The summed E-state index contributed by atoms with van der Waals surface area (Å²) in [6.07, 6.45) is 0.944. The fourth-order valence-electron chi connectivity index (χ4n) is 3.03.